The van der Waals surface area contributed by atoms with E-state index >= 15 is 0 Å². The van der Waals surface area contributed by atoms with Gasteiger partial charge < -0.3 is 19.6 Å². The van der Waals surface area contributed by atoms with Crippen LogP contribution in [0.5, 0.6) is 0 Å². The van der Waals surface area contributed by atoms with E-state index in [1.165, 1.54) is 5.69 Å². The zero-order valence-corrected chi connectivity index (χ0v) is 16.7. The van der Waals surface area contributed by atoms with Crippen molar-refractivity contribution in [1.29, 1.82) is 0 Å². The van der Waals surface area contributed by atoms with Crippen molar-refractivity contribution in [3.63, 3.8) is 0 Å². The number of piperazine rings is 2. The Morgan fingerprint density at radius 1 is 0.793 bits per heavy atom. The molecule has 0 bridgehead atoms. The molecule has 0 saturated carbocycles. The minimum atomic E-state index is -0.0521. The second kappa shape index (κ2) is 8.46. The number of benzene rings is 1. The van der Waals surface area contributed by atoms with Crippen molar-refractivity contribution in [3.8, 4) is 0 Å². The van der Waals surface area contributed by atoms with Crippen LogP contribution in [0.4, 0.5) is 11.6 Å². The van der Waals surface area contributed by atoms with Crippen molar-refractivity contribution >= 4 is 23.5 Å². The molecule has 1 aromatic carbocycles. The predicted octanol–water partition coefficient (Wildman–Crippen LogP) is 1.11. The highest BCUT2D eigenvalue weighted by atomic mass is 16.2. The molecule has 152 valence electrons. The molecule has 3 heterocycles. The summed E-state index contributed by atoms with van der Waals surface area (Å²) in [5.74, 6) is 0.592. The molecule has 0 radical (unpaired) electrons. The molecule has 0 spiro atoms. The van der Waals surface area contributed by atoms with E-state index in [2.05, 4.69) is 27.0 Å². The van der Waals surface area contributed by atoms with Crippen LogP contribution < -0.4 is 9.80 Å². The van der Waals surface area contributed by atoms with Gasteiger partial charge in [0.05, 0.1) is 0 Å². The first-order chi connectivity index (χ1) is 14.1. The fourth-order valence-electron chi connectivity index (χ4n) is 3.81. The topological polar surface area (TPSA) is 72.9 Å². The molecule has 0 N–H and O–H groups in total. The minimum absolute atomic E-state index is 0.0521. The first-order valence-electron chi connectivity index (χ1n) is 10.0. The van der Waals surface area contributed by atoms with Crippen molar-refractivity contribution in [2.24, 2.45) is 0 Å². The summed E-state index contributed by atoms with van der Waals surface area (Å²) in [5, 5.41) is 0. The molecular formula is C21H26N6O2. The van der Waals surface area contributed by atoms with Crippen LogP contribution in [0.15, 0.2) is 42.6 Å². The lowest BCUT2D eigenvalue weighted by atomic mass is 10.2. The maximum absolute atomic E-state index is 13.0. The molecule has 2 amide bonds. The number of amides is 2. The van der Waals surface area contributed by atoms with Gasteiger partial charge in [-0.05, 0) is 18.2 Å². The summed E-state index contributed by atoms with van der Waals surface area (Å²) in [7, 11) is 0. The normalized spacial score (nSPS) is 17.4. The Balaban J connectivity index is 1.37. The number of para-hydroxylation sites is 1. The molecule has 4 rings (SSSR count). The van der Waals surface area contributed by atoms with Crippen LogP contribution in [0.1, 0.15) is 17.4 Å². The molecule has 2 aliphatic heterocycles. The quantitative estimate of drug-likeness (QED) is 0.777. The van der Waals surface area contributed by atoms with E-state index in [4.69, 9.17) is 0 Å². The van der Waals surface area contributed by atoms with Crippen molar-refractivity contribution < 1.29 is 9.59 Å². The van der Waals surface area contributed by atoms with Crippen molar-refractivity contribution in [2.75, 3.05) is 62.2 Å². The van der Waals surface area contributed by atoms with Crippen LogP contribution in [0, 0.1) is 0 Å². The van der Waals surface area contributed by atoms with E-state index in [1.807, 2.05) is 32.9 Å². The van der Waals surface area contributed by atoms with Gasteiger partial charge in [0.1, 0.15) is 5.69 Å². The second-order valence-electron chi connectivity index (χ2n) is 7.35. The maximum atomic E-state index is 13.0. The molecule has 2 saturated heterocycles. The summed E-state index contributed by atoms with van der Waals surface area (Å²) < 4.78 is 0. The highest BCUT2D eigenvalue weighted by Crippen LogP contribution is 2.17. The summed E-state index contributed by atoms with van der Waals surface area (Å²) in [6.07, 6.45) is 1.65. The standard InChI is InChI=1S/C21H26N6O2/c1-17(28)24-9-15-27(16-10-24)21-22-8-7-19(23-21)20(29)26-13-11-25(12-14-26)18-5-3-2-4-6-18/h2-8H,9-16H2,1H3. The number of aromatic nitrogens is 2. The lowest BCUT2D eigenvalue weighted by Gasteiger charge is -2.36. The molecule has 2 aromatic rings. The Hall–Kier alpha value is -3.16. The van der Waals surface area contributed by atoms with E-state index in [1.54, 1.807) is 19.2 Å². The van der Waals surface area contributed by atoms with Crippen LogP contribution in [-0.2, 0) is 4.79 Å². The van der Waals surface area contributed by atoms with E-state index in [-0.39, 0.29) is 11.8 Å². The Morgan fingerprint density at radius 3 is 2.07 bits per heavy atom. The van der Waals surface area contributed by atoms with Gasteiger partial charge in [0.2, 0.25) is 11.9 Å². The Morgan fingerprint density at radius 2 is 1.41 bits per heavy atom. The molecule has 29 heavy (non-hydrogen) atoms. The summed E-state index contributed by atoms with van der Waals surface area (Å²) in [5.41, 5.74) is 1.62. The largest absolute Gasteiger partial charge is 0.368 e. The van der Waals surface area contributed by atoms with E-state index < -0.39 is 0 Å². The summed E-state index contributed by atoms with van der Waals surface area (Å²) in [4.78, 5) is 41.3. The average Bonchev–Trinajstić information content (AvgIpc) is 2.79. The molecule has 0 aliphatic carbocycles. The molecule has 1 aromatic heterocycles. The SMILES string of the molecule is CC(=O)N1CCN(c2nccc(C(=O)N3CCN(c4ccccc4)CC3)n2)CC1. The van der Waals surface area contributed by atoms with Gasteiger partial charge in [-0.1, -0.05) is 18.2 Å². The van der Waals surface area contributed by atoms with Gasteiger partial charge in [-0.2, -0.15) is 0 Å². The number of rotatable bonds is 3. The van der Waals surface area contributed by atoms with Gasteiger partial charge in [0.15, 0.2) is 0 Å². The van der Waals surface area contributed by atoms with Crippen LogP contribution in [0.3, 0.4) is 0 Å². The molecule has 8 nitrogen and oxygen atoms in total. The Kier molecular flexibility index (Phi) is 5.59. The third-order valence-corrected chi connectivity index (χ3v) is 5.56. The molecule has 0 unspecified atom stereocenters. The van der Waals surface area contributed by atoms with Crippen LogP contribution in [0.2, 0.25) is 0 Å². The highest BCUT2D eigenvalue weighted by Gasteiger charge is 2.25. The van der Waals surface area contributed by atoms with E-state index in [0.717, 1.165) is 13.1 Å². The number of hydrogen-bond acceptors (Lipinski definition) is 6. The third kappa shape index (κ3) is 4.31. The van der Waals surface area contributed by atoms with Crippen LogP contribution >= 0.6 is 0 Å². The predicted molar refractivity (Wildman–Crippen MR) is 111 cm³/mol. The molecular weight excluding hydrogens is 368 g/mol. The molecule has 2 fully saturated rings. The number of nitrogens with zero attached hydrogens (tertiary/aromatic N) is 6. The number of carbonyl (C=O) groups excluding carboxylic acids is 2. The van der Waals surface area contributed by atoms with Crippen molar-refractivity contribution in [3.05, 3.63) is 48.3 Å². The summed E-state index contributed by atoms with van der Waals surface area (Å²) in [6.45, 7) is 7.19. The van der Waals surface area contributed by atoms with Gasteiger partial charge in [0.25, 0.3) is 5.91 Å². The lowest BCUT2D eigenvalue weighted by molar-refractivity contribution is -0.129. The van der Waals surface area contributed by atoms with Gasteiger partial charge in [-0.3, -0.25) is 9.59 Å². The van der Waals surface area contributed by atoms with E-state index in [0.29, 0.717) is 50.9 Å². The number of hydrogen-bond donors (Lipinski definition) is 0. The highest BCUT2D eigenvalue weighted by molar-refractivity contribution is 5.92. The number of carbonyl (C=O) groups is 2. The monoisotopic (exact) mass is 394 g/mol. The van der Waals surface area contributed by atoms with Gasteiger partial charge in [-0.15, -0.1) is 0 Å². The van der Waals surface area contributed by atoms with Crippen LogP contribution in [0.25, 0.3) is 0 Å². The molecule has 8 heteroatoms. The van der Waals surface area contributed by atoms with E-state index in [9.17, 15) is 9.59 Å². The fourth-order valence-corrected chi connectivity index (χ4v) is 3.81. The smallest absolute Gasteiger partial charge is 0.272 e. The van der Waals surface area contributed by atoms with Gasteiger partial charge in [-0.25, -0.2) is 9.97 Å². The average molecular weight is 394 g/mol. The first kappa shape index (κ1) is 19.2. The lowest BCUT2D eigenvalue weighted by Crippen LogP contribution is -2.49. The maximum Gasteiger partial charge on any atom is 0.272 e. The summed E-state index contributed by atoms with van der Waals surface area (Å²) in [6, 6.07) is 12.0. The van der Waals surface area contributed by atoms with Crippen LogP contribution in [-0.4, -0.2) is 83.9 Å². The second-order valence-corrected chi connectivity index (χ2v) is 7.35. The first-order valence-corrected chi connectivity index (χ1v) is 10.0. The number of anilines is 2. The zero-order valence-electron chi connectivity index (χ0n) is 16.7. The molecule has 2 aliphatic rings. The van der Waals surface area contributed by atoms with Gasteiger partial charge >= 0.3 is 0 Å². The summed E-state index contributed by atoms with van der Waals surface area (Å²) >= 11 is 0. The Labute approximate surface area is 170 Å². The molecule has 0 atom stereocenters. The minimum Gasteiger partial charge on any atom is -0.368 e. The van der Waals surface area contributed by atoms with Crippen molar-refractivity contribution in [1.82, 2.24) is 19.8 Å². The fraction of sp³-hybridized carbons (Fsp3) is 0.429. The van der Waals surface area contributed by atoms with Crippen molar-refractivity contribution in [2.45, 2.75) is 6.92 Å². The Bertz CT molecular complexity index is 858. The zero-order chi connectivity index (χ0) is 20.2. The third-order valence-electron chi connectivity index (χ3n) is 5.56. The van der Waals surface area contributed by atoms with Gasteiger partial charge in [0, 0.05) is 71.2 Å².